The third-order valence-corrected chi connectivity index (χ3v) is 5.70. The number of ether oxygens (including phenoxy) is 1. The third kappa shape index (κ3) is 7.45. The summed E-state index contributed by atoms with van der Waals surface area (Å²) in [5.41, 5.74) is 1.82. The summed E-state index contributed by atoms with van der Waals surface area (Å²) >= 11 is 0. The lowest BCUT2D eigenvalue weighted by atomic mass is 9.96. The number of nitrogens with zero attached hydrogens (tertiary/aromatic N) is 1. The molecule has 1 heterocycles. The molecule has 1 unspecified atom stereocenters. The Labute approximate surface area is 212 Å². The number of rotatable bonds is 11. The number of benzene rings is 2. The second kappa shape index (κ2) is 12.2. The number of carbonyl (C=O) groups is 2. The first-order valence-electron chi connectivity index (χ1n) is 11.7. The molecule has 1 amide bonds. The first-order chi connectivity index (χ1) is 17.6. The Bertz CT molecular complexity index is 1210. The van der Waals surface area contributed by atoms with Gasteiger partial charge in [-0.15, -0.1) is 0 Å². The first kappa shape index (κ1) is 27.5. The number of nitrogens with one attached hydrogen (secondary N) is 2. The van der Waals surface area contributed by atoms with Crippen LogP contribution in [0.2, 0.25) is 0 Å². The van der Waals surface area contributed by atoms with Crippen LogP contribution in [0.3, 0.4) is 0 Å². The summed E-state index contributed by atoms with van der Waals surface area (Å²) in [5, 5.41) is 14.6. The van der Waals surface area contributed by atoms with Gasteiger partial charge in [-0.1, -0.05) is 37.6 Å². The predicted octanol–water partition coefficient (Wildman–Crippen LogP) is 5.93. The Hall–Kier alpha value is -4.08. The highest BCUT2D eigenvalue weighted by molar-refractivity contribution is 5.94. The van der Waals surface area contributed by atoms with E-state index in [0.717, 1.165) is 36.1 Å². The van der Waals surface area contributed by atoms with E-state index < -0.39 is 23.6 Å². The second-order valence-corrected chi connectivity index (χ2v) is 8.35. The first-order valence-corrected chi connectivity index (χ1v) is 11.7. The number of aromatic nitrogens is 1. The summed E-state index contributed by atoms with van der Waals surface area (Å²) in [6.07, 6.45) is -1.56. The zero-order valence-corrected chi connectivity index (χ0v) is 20.4. The van der Waals surface area contributed by atoms with Gasteiger partial charge in [-0.25, -0.2) is 4.98 Å². The Morgan fingerprint density at radius 2 is 1.76 bits per heavy atom. The van der Waals surface area contributed by atoms with E-state index in [1.165, 1.54) is 25.4 Å². The van der Waals surface area contributed by atoms with Crippen molar-refractivity contribution in [2.45, 2.75) is 38.4 Å². The molecular formula is C27H28F3N3O4. The Balaban J connectivity index is 1.77. The van der Waals surface area contributed by atoms with Gasteiger partial charge in [0, 0.05) is 18.3 Å². The molecule has 3 N–H and O–H groups in total. The van der Waals surface area contributed by atoms with E-state index in [2.05, 4.69) is 15.6 Å². The smallest absolute Gasteiger partial charge is 0.416 e. The fourth-order valence-corrected chi connectivity index (χ4v) is 3.80. The van der Waals surface area contributed by atoms with Gasteiger partial charge in [-0.05, 0) is 47.9 Å². The van der Waals surface area contributed by atoms with Crippen molar-refractivity contribution < 1.29 is 32.6 Å². The lowest BCUT2D eigenvalue weighted by molar-refractivity contribution is -0.138. The number of carboxylic acid groups (broad SMARTS) is 1. The molecule has 37 heavy (non-hydrogen) atoms. The maximum atomic E-state index is 12.9. The lowest BCUT2D eigenvalue weighted by Gasteiger charge is -2.22. The van der Waals surface area contributed by atoms with E-state index >= 15 is 0 Å². The standard InChI is InChI=1S/C27H28F3N3O4/c1-3-4-22(33-24-12-8-19(16-32-24)26(36)31-14-13-25(34)35)21-11-7-18(15-23(21)37-2)17-5-9-20(10-6-17)27(28,29)30/h5-12,15-16,22H,3-4,13-14H2,1-2H3,(H,31,36)(H,32,33)(H,34,35). The van der Waals surface area contributed by atoms with Crippen LogP contribution in [0.4, 0.5) is 19.0 Å². The lowest BCUT2D eigenvalue weighted by Crippen LogP contribution is -2.26. The molecule has 2 aromatic carbocycles. The van der Waals surface area contributed by atoms with Crippen LogP contribution in [-0.4, -0.2) is 35.6 Å². The number of alkyl halides is 3. The summed E-state index contributed by atoms with van der Waals surface area (Å²) in [4.78, 5) is 27.1. The molecule has 1 aromatic heterocycles. The Morgan fingerprint density at radius 1 is 1.05 bits per heavy atom. The summed E-state index contributed by atoms with van der Waals surface area (Å²) in [7, 11) is 1.54. The van der Waals surface area contributed by atoms with Crippen molar-refractivity contribution in [1.82, 2.24) is 10.3 Å². The van der Waals surface area contributed by atoms with Crippen LogP contribution in [0.1, 0.15) is 53.7 Å². The average Bonchev–Trinajstić information content (AvgIpc) is 2.88. The van der Waals surface area contributed by atoms with E-state index in [4.69, 9.17) is 9.84 Å². The minimum absolute atomic E-state index is 0.0228. The summed E-state index contributed by atoms with van der Waals surface area (Å²) in [6, 6.07) is 13.6. The summed E-state index contributed by atoms with van der Waals surface area (Å²) in [5.74, 6) is -0.291. The molecule has 0 saturated carbocycles. The predicted molar refractivity (Wildman–Crippen MR) is 134 cm³/mol. The number of carbonyl (C=O) groups excluding carboxylic acids is 1. The van der Waals surface area contributed by atoms with Gasteiger partial charge >= 0.3 is 12.1 Å². The molecule has 7 nitrogen and oxygen atoms in total. The molecule has 3 aromatic rings. The second-order valence-electron chi connectivity index (χ2n) is 8.35. The fourth-order valence-electron chi connectivity index (χ4n) is 3.80. The van der Waals surface area contributed by atoms with Gasteiger partial charge in [0.05, 0.1) is 30.7 Å². The van der Waals surface area contributed by atoms with Crippen LogP contribution in [0.15, 0.2) is 60.8 Å². The maximum absolute atomic E-state index is 12.9. The van der Waals surface area contributed by atoms with Gasteiger partial charge < -0.3 is 20.5 Å². The molecular weight excluding hydrogens is 487 g/mol. The van der Waals surface area contributed by atoms with E-state index in [-0.39, 0.29) is 19.0 Å². The summed E-state index contributed by atoms with van der Waals surface area (Å²) < 4.78 is 44.3. The van der Waals surface area contributed by atoms with E-state index in [1.54, 1.807) is 18.2 Å². The minimum atomic E-state index is -4.39. The van der Waals surface area contributed by atoms with Crippen LogP contribution >= 0.6 is 0 Å². The van der Waals surface area contributed by atoms with Crippen molar-refractivity contribution in [3.8, 4) is 16.9 Å². The number of methoxy groups -OCH3 is 1. The molecule has 0 aliphatic heterocycles. The van der Waals surface area contributed by atoms with Gasteiger partial charge in [0.15, 0.2) is 0 Å². The van der Waals surface area contributed by atoms with Crippen molar-refractivity contribution in [2.24, 2.45) is 0 Å². The van der Waals surface area contributed by atoms with Gasteiger partial charge in [0.2, 0.25) is 0 Å². The third-order valence-electron chi connectivity index (χ3n) is 5.70. The molecule has 1 atom stereocenters. The summed E-state index contributed by atoms with van der Waals surface area (Å²) in [6.45, 7) is 2.06. The number of aliphatic carboxylic acids is 1. The number of amides is 1. The molecule has 0 spiro atoms. The van der Waals surface area contributed by atoms with Gasteiger partial charge in [-0.2, -0.15) is 13.2 Å². The maximum Gasteiger partial charge on any atom is 0.416 e. The zero-order valence-electron chi connectivity index (χ0n) is 20.4. The molecule has 0 bridgehead atoms. The fraction of sp³-hybridized carbons (Fsp3) is 0.296. The van der Waals surface area contributed by atoms with E-state index in [0.29, 0.717) is 22.7 Å². The number of pyridine rings is 1. The highest BCUT2D eigenvalue weighted by atomic mass is 19.4. The van der Waals surface area contributed by atoms with Gasteiger partial charge in [0.1, 0.15) is 11.6 Å². The number of halogens is 3. The monoisotopic (exact) mass is 515 g/mol. The molecule has 3 rings (SSSR count). The van der Waals surface area contributed by atoms with Crippen LogP contribution < -0.4 is 15.4 Å². The number of carboxylic acids is 1. The molecule has 196 valence electrons. The average molecular weight is 516 g/mol. The van der Waals surface area contributed by atoms with E-state index in [9.17, 15) is 22.8 Å². The molecule has 0 saturated heterocycles. The number of hydrogen-bond donors (Lipinski definition) is 3. The molecule has 0 aliphatic carbocycles. The minimum Gasteiger partial charge on any atom is -0.496 e. The van der Waals surface area contributed by atoms with Crippen LogP contribution in [0.5, 0.6) is 5.75 Å². The topological polar surface area (TPSA) is 101 Å². The number of anilines is 1. The van der Waals surface area contributed by atoms with Crippen molar-refractivity contribution in [2.75, 3.05) is 19.0 Å². The van der Waals surface area contributed by atoms with Gasteiger partial charge in [-0.3, -0.25) is 9.59 Å². The molecule has 0 aliphatic rings. The van der Waals surface area contributed by atoms with Crippen molar-refractivity contribution >= 4 is 17.7 Å². The van der Waals surface area contributed by atoms with Crippen LogP contribution in [-0.2, 0) is 11.0 Å². The highest BCUT2D eigenvalue weighted by Crippen LogP contribution is 2.36. The van der Waals surface area contributed by atoms with Crippen molar-refractivity contribution in [1.29, 1.82) is 0 Å². The normalized spacial score (nSPS) is 12.0. The largest absolute Gasteiger partial charge is 0.496 e. The van der Waals surface area contributed by atoms with Gasteiger partial charge in [0.25, 0.3) is 5.91 Å². The molecule has 0 fully saturated rings. The highest BCUT2D eigenvalue weighted by Gasteiger charge is 2.30. The molecule has 0 radical (unpaired) electrons. The van der Waals surface area contributed by atoms with Crippen molar-refractivity contribution in [3.63, 3.8) is 0 Å². The number of hydrogen-bond acceptors (Lipinski definition) is 5. The van der Waals surface area contributed by atoms with Crippen molar-refractivity contribution in [3.05, 3.63) is 77.5 Å². The van der Waals surface area contributed by atoms with E-state index in [1.807, 2.05) is 19.1 Å². The SMILES string of the molecule is CCCC(Nc1ccc(C(=O)NCCC(=O)O)cn1)c1ccc(-c2ccc(C(F)(F)F)cc2)cc1OC. The molecule has 10 heteroatoms. The zero-order chi connectivity index (χ0) is 27.0. The Morgan fingerprint density at radius 3 is 2.32 bits per heavy atom. The quantitative estimate of drug-likeness (QED) is 0.293. The van der Waals surface area contributed by atoms with Crippen LogP contribution in [0.25, 0.3) is 11.1 Å². The van der Waals surface area contributed by atoms with Crippen LogP contribution in [0, 0.1) is 0 Å². The Kier molecular flexibility index (Phi) is 9.10.